The summed E-state index contributed by atoms with van der Waals surface area (Å²) in [5.41, 5.74) is 0. The smallest absolute Gasteiger partial charge is 0.306 e. The van der Waals surface area contributed by atoms with Crippen molar-refractivity contribution < 1.29 is 29.6 Å². The monoisotopic (exact) mass is 573 g/mol. The summed E-state index contributed by atoms with van der Waals surface area (Å²) < 4.78 is 10.4. The Morgan fingerprint density at radius 1 is 0.769 bits per heavy atom. The number of hydrogen-bond donors (Lipinski definition) is 3. The molecule has 0 unspecified atom stereocenters. The molecule has 4 atom stereocenters. The van der Waals surface area contributed by atoms with Crippen LogP contribution in [-0.2, 0) is 14.3 Å². The van der Waals surface area contributed by atoms with Gasteiger partial charge in [-0.3, -0.25) is 4.79 Å². The molecule has 0 aromatic heterocycles. The lowest BCUT2D eigenvalue weighted by Gasteiger charge is -2.24. The highest BCUT2D eigenvalue weighted by Gasteiger charge is 2.41. The number of carbonyl (C=O) groups is 1. The van der Waals surface area contributed by atoms with Crippen molar-refractivity contribution in [3.05, 3.63) is 12.2 Å². The lowest BCUT2D eigenvalue weighted by atomic mass is 10.1. The second-order valence-electron chi connectivity index (χ2n) is 8.40. The molecule has 248 valence electrons. The first kappa shape index (κ1) is 61.9. The number of carbonyl (C=O) groups excluding carboxylic acids is 1. The van der Waals surface area contributed by atoms with E-state index in [1.807, 2.05) is 0 Å². The van der Waals surface area contributed by atoms with Crippen LogP contribution in [0.2, 0.25) is 0 Å². The highest BCUT2D eigenvalue weighted by Crippen LogP contribution is 2.20. The lowest BCUT2D eigenvalue weighted by Crippen LogP contribution is -2.43. The molecule has 0 aromatic carbocycles. The Bertz CT molecular complexity index is 455. The minimum atomic E-state index is -1.14. The van der Waals surface area contributed by atoms with Crippen LogP contribution in [0.25, 0.3) is 0 Å². The molecule has 1 rings (SSSR count). The van der Waals surface area contributed by atoms with Gasteiger partial charge in [0, 0.05) is 6.42 Å². The topological polar surface area (TPSA) is 96.2 Å². The quantitative estimate of drug-likeness (QED) is 0.0859. The number of ether oxygens (including phenoxy) is 2. The Balaban J connectivity index is -0.000000143. The van der Waals surface area contributed by atoms with E-state index >= 15 is 0 Å². The molecule has 1 heterocycles. The normalized spacial score (nSPS) is 17.4. The number of esters is 1. The van der Waals surface area contributed by atoms with Crippen molar-refractivity contribution >= 4 is 5.97 Å². The number of unbranched alkanes of at least 4 members (excludes halogenated alkanes) is 11. The van der Waals surface area contributed by atoms with Crippen LogP contribution in [0, 0.1) is 0 Å². The summed E-state index contributed by atoms with van der Waals surface area (Å²) in [6.07, 6.45) is 16.5. The average molecular weight is 573 g/mol. The number of rotatable bonds is 18. The molecule has 0 aliphatic carbocycles. The Labute approximate surface area is 249 Å². The Kier molecular flexibility index (Phi) is 65.9. The molecule has 1 aliphatic heterocycles. The number of aliphatic hydroxyl groups is 3. The zero-order valence-electron chi connectivity index (χ0n) is 18.8. The summed E-state index contributed by atoms with van der Waals surface area (Å²) in [6.45, 7) is 1.79. The van der Waals surface area contributed by atoms with Crippen LogP contribution in [0.5, 0.6) is 0 Å². The van der Waals surface area contributed by atoms with Crippen LogP contribution in [0.15, 0.2) is 12.2 Å². The molecular weight excluding hydrogens is 492 g/mol. The van der Waals surface area contributed by atoms with Gasteiger partial charge >= 0.3 is 5.97 Å². The molecule has 39 heavy (non-hydrogen) atoms. The van der Waals surface area contributed by atoms with Gasteiger partial charge in [-0.25, -0.2) is 0 Å². The van der Waals surface area contributed by atoms with Gasteiger partial charge in [0.05, 0.1) is 13.2 Å². The second kappa shape index (κ2) is 41.5. The van der Waals surface area contributed by atoms with Crippen LogP contribution >= 0.6 is 0 Å². The van der Waals surface area contributed by atoms with E-state index in [1.165, 1.54) is 51.4 Å². The molecular formula is C33H80O6. The van der Waals surface area contributed by atoms with E-state index < -0.39 is 37.0 Å². The highest BCUT2D eigenvalue weighted by atomic mass is 16.6. The Hall–Kier alpha value is -0.950. The van der Waals surface area contributed by atoms with Crippen molar-refractivity contribution in [2.45, 2.75) is 188 Å². The number of aliphatic hydroxyl groups excluding tert-OH is 3. The van der Waals surface area contributed by atoms with Gasteiger partial charge in [-0.1, -0.05) is 137 Å². The van der Waals surface area contributed by atoms with Gasteiger partial charge in [0.1, 0.15) is 18.3 Å². The fraction of sp³-hybridized carbons (Fsp3) is 0.909. The fourth-order valence-electron chi connectivity index (χ4n) is 3.73. The van der Waals surface area contributed by atoms with E-state index in [2.05, 4.69) is 19.1 Å². The molecule has 0 spiro atoms. The molecule has 0 amide bonds. The van der Waals surface area contributed by atoms with Gasteiger partial charge in [-0.15, -0.1) is 0 Å². The summed E-state index contributed by atoms with van der Waals surface area (Å²) in [7, 11) is 0. The van der Waals surface area contributed by atoms with Gasteiger partial charge in [0.2, 0.25) is 0 Å². The van der Waals surface area contributed by atoms with E-state index in [9.17, 15) is 20.1 Å². The Morgan fingerprint density at radius 3 is 1.62 bits per heavy atom. The summed E-state index contributed by atoms with van der Waals surface area (Å²) in [4.78, 5) is 11.9. The predicted octanol–water partition coefficient (Wildman–Crippen LogP) is 9.77. The fourth-order valence-corrected chi connectivity index (χ4v) is 3.73. The highest BCUT2D eigenvalue weighted by molar-refractivity contribution is 5.69. The van der Waals surface area contributed by atoms with Crippen molar-refractivity contribution in [1.29, 1.82) is 0 Å². The molecule has 6 heteroatoms. The van der Waals surface area contributed by atoms with Gasteiger partial charge in [-0.2, -0.15) is 0 Å². The SMILES string of the molecule is C.C.C.C.C.C.C.C.C.CCCCCCCC/C=C\CCCCCCCC(=O)O[C@H](CO)[C@H]1OC[C@H](O)[C@H]1O. The third kappa shape index (κ3) is 29.8. The van der Waals surface area contributed by atoms with Crippen molar-refractivity contribution in [3.8, 4) is 0 Å². The third-order valence-electron chi connectivity index (χ3n) is 5.66. The van der Waals surface area contributed by atoms with Crippen molar-refractivity contribution in [1.82, 2.24) is 0 Å². The van der Waals surface area contributed by atoms with Crippen LogP contribution in [0.3, 0.4) is 0 Å². The van der Waals surface area contributed by atoms with E-state index in [0.29, 0.717) is 6.42 Å². The van der Waals surface area contributed by atoms with Crippen molar-refractivity contribution in [2.75, 3.05) is 13.2 Å². The first-order valence-corrected chi connectivity index (χ1v) is 12.0. The number of hydrogen-bond acceptors (Lipinski definition) is 6. The van der Waals surface area contributed by atoms with Crippen molar-refractivity contribution in [3.63, 3.8) is 0 Å². The van der Waals surface area contributed by atoms with Gasteiger partial charge in [0.15, 0.2) is 6.10 Å². The summed E-state index contributed by atoms with van der Waals surface area (Å²) in [6, 6.07) is 0. The standard InChI is InChI=1S/C24H44O6.9CH4/c1-2-3-4-5-6-7-8-9-10-11-12-13-14-15-16-17-22(27)30-21(18-25)24-23(28)20(26)19-29-24;;;;;;;;;/h9-10,20-21,23-26,28H,2-8,11-19H2,1H3;9*1H4/b10-9-;;;;;;;;;/t20-,21+,23+,24+;;;;;;;;;/m0........./s1. The Morgan fingerprint density at radius 2 is 1.21 bits per heavy atom. The average Bonchev–Trinajstić information content (AvgIpc) is 3.07. The van der Waals surface area contributed by atoms with E-state index in [4.69, 9.17) is 9.47 Å². The largest absolute Gasteiger partial charge is 0.457 e. The zero-order valence-corrected chi connectivity index (χ0v) is 18.8. The maximum Gasteiger partial charge on any atom is 0.306 e. The van der Waals surface area contributed by atoms with E-state index in [-0.39, 0.29) is 73.4 Å². The maximum absolute atomic E-state index is 11.9. The third-order valence-corrected chi connectivity index (χ3v) is 5.66. The lowest BCUT2D eigenvalue weighted by molar-refractivity contribution is -0.162. The summed E-state index contributed by atoms with van der Waals surface area (Å²) in [5, 5.41) is 28.7. The van der Waals surface area contributed by atoms with E-state index in [1.54, 1.807) is 0 Å². The number of allylic oxidation sites excluding steroid dienone is 2. The maximum atomic E-state index is 11.9. The molecule has 0 bridgehead atoms. The predicted molar refractivity (Wildman–Crippen MR) is 179 cm³/mol. The van der Waals surface area contributed by atoms with Crippen LogP contribution in [-0.4, -0.2) is 58.9 Å². The van der Waals surface area contributed by atoms with Gasteiger partial charge in [-0.05, 0) is 32.1 Å². The summed E-state index contributed by atoms with van der Waals surface area (Å²) >= 11 is 0. The zero-order chi connectivity index (χ0) is 22.0. The minimum absolute atomic E-state index is 0. The molecule has 1 aliphatic rings. The van der Waals surface area contributed by atoms with E-state index in [0.717, 1.165) is 32.1 Å². The molecule has 3 N–H and O–H groups in total. The van der Waals surface area contributed by atoms with Crippen LogP contribution in [0.4, 0.5) is 0 Å². The first-order chi connectivity index (χ1) is 14.6. The summed E-state index contributed by atoms with van der Waals surface area (Å²) in [5.74, 6) is -0.399. The molecule has 6 nitrogen and oxygen atoms in total. The van der Waals surface area contributed by atoms with Crippen LogP contribution in [0.1, 0.15) is 164 Å². The molecule has 1 fully saturated rings. The molecule has 0 radical (unpaired) electrons. The van der Waals surface area contributed by atoms with Crippen molar-refractivity contribution in [2.24, 2.45) is 0 Å². The molecule has 0 saturated carbocycles. The molecule has 0 aromatic rings. The molecule has 1 saturated heterocycles. The van der Waals surface area contributed by atoms with Gasteiger partial charge in [0.25, 0.3) is 0 Å². The van der Waals surface area contributed by atoms with Crippen LogP contribution < -0.4 is 0 Å². The first-order valence-electron chi connectivity index (χ1n) is 12.0. The second-order valence-corrected chi connectivity index (χ2v) is 8.40. The minimum Gasteiger partial charge on any atom is -0.457 e. The van der Waals surface area contributed by atoms with Gasteiger partial charge < -0.3 is 24.8 Å².